The second kappa shape index (κ2) is 7.39. The average Bonchev–Trinajstić information content (AvgIpc) is 2.66. The first kappa shape index (κ1) is 15.0. The molecule has 1 saturated carbocycles. The molecule has 1 heterocycles. The van der Waals surface area contributed by atoms with Crippen LogP contribution in [0.1, 0.15) is 44.1 Å². The normalized spacial score (nSPS) is 19.3. The van der Waals surface area contributed by atoms with E-state index in [1.807, 2.05) is 12.4 Å². The van der Waals surface area contributed by atoms with E-state index in [0.29, 0.717) is 5.41 Å². The second-order valence-corrected chi connectivity index (χ2v) is 6.64. The lowest BCUT2D eigenvalue weighted by Gasteiger charge is -2.35. The molecule has 2 rings (SSSR count). The molecule has 0 radical (unpaired) electrons. The molecule has 1 aliphatic rings. The Kier molecular flexibility index (Phi) is 5.83. The fourth-order valence-electron chi connectivity index (χ4n) is 3.24. The van der Waals surface area contributed by atoms with Crippen LogP contribution in [0.4, 0.5) is 0 Å². The summed E-state index contributed by atoms with van der Waals surface area (Å²) in [4.78, 5) is 6.56. The van der Waals surface area contributed by atoms with Gasteiger partial charge in [0.05, 0.1) is 0 Å². The summed E-state index contributed by atoms with van der Waals surface area (Å²) in [7, 11) is 2.25. The molecular weight excluding hydrogens is 300 g/mol. The summed E-state index contributed by atoms with van der Waals surface area (Å²) in [6, 6.07) is 4.23. The number of alkyl halides is 1. The summed E-state index contributed by atoms with van der Waals surface area (Å²) >= 11 is 3.78. The van der Waals surface area contributed by atoms with Crippen molar-refractivity contribution < 1.29 is 0 Å². The highest BCUT2D eigenvalue weighted by molar-refractivity contribution is 9.09. The van der Waals surface area contributed by atoms with Gasteiger partial charge >= 0.3 is 0 Å². The molecule has 0 amide bonds. The van der Waals surface area contributed by atoms with Crippen molar-refractivity contribution in [3.8, 4) is 0 Å². The summed E-state index contributed by atoms with van der Waals surface area (Å²) in [5, 5.41) is 1.14. The predicted octanol–water partition coefficient (Wildman–Crippen LogP) is 4.25. The minimum atomic E-state index is 0.484. The average molecular weight is 325 g/mol. The number of aromatic nitrogens is 1. The summed E-state index contributed by atoms with van der Waals surface area (Å²) in [5.41, 5.74) is 1.84. The minimum absolute atomic E-state index is 0.484. The first-order valence-electron chi connectivity index (χ1n) is 7.38. The number of pyridine rings is 1. The minimum Gasteiger partial charge on any atom is -0.302 e. The van der Waals surface area contributed by atoms with E-state index in [1.165, 1.54) is 50.6 Å². The van der Waals surface area contributed by atoms with Crippen LogP contribution in [0.5, 0.6) is 0 Å². The maximum atomic E-state index is 4.08. The highest BCUT2D eigenvalue weighted by Crippen LogP contribution is 2.37. The van der Waals surface area contributed by atoms with Gasteiger partial charge in [0.2, 0.25) is 0 Å². The molecule has 2 nitrogen and oxygen atoms in total. The van der Waals surface area contributed by atoms with Crippen molar-refractivity contribution in [3.63, 3.8) is 0 Å². The van der Waals surface area contributed by atoms with Crippen molar-refractivity contribution >= 4 is 15.9 Å². The molecule has 1 fully saturated rings. The molecule has 1 aromatic rings. The molecule has 0 saturated heterocycles. The number of halogens is 1. The maximum Gasteiger partial charge on any atom is 0.0271 e. The summed E-state index contributed by atoms with van der Waals surface area (Å²) < 4.78 is 0. The fourth-order valence-corrected chi connectivity index (χ4v) is 3.98. The van der Waals surface area contributed by atoms with E-state index >= 15 is 0 Å². The van der Waals surface area contributed by atoms with Gasteiger partial charge in [-0.05, 0) is 43.0 Å². The van der Waals surface area contributed by atoms with E-state index in [0.717, 1.165) is 11.9 Å². The molecule has 0 unspecified atom stereocenters. The van der Waals surface area contributed by atoms with Gasteiger partial charge in [0.1, 0.15) is 0 Å². The van der Waals surface area contributed by atoms with E-state index in [2.05, 4.69) is 45.0 Å². The van der Waals surface area contributed by atoms with E-state index < -0.39 is 0 Å². The third-order valence-corrected chi connectivity index (χ3v) is 5.44. The summed E-state index contributed by atoms with van der Waals surface area (Å²) in [6.07, 6.45) is 12.1. The van der Waals surface area contributed by atoms with Crippen LogP contribution < -0.4 is 0 Å². The van der Waals surface area contributed by atoms with Gasteiger partial charge < -0.3 is 4.90 Å². The van der Waals surface area contributed by atoms with Crippen LogP contribution >= 0.6 is 15.9 Å². The van der Waals surface area contributed by atoms with Crippen LogP contribution in [0.3, 0.4) is 0 Å². The first-order chi connectivity index (χ1) is 9.24. The van der Waals surface area contributed by atoms with E-state index in [-0.39, 0.29) is 0 Å². The van der Waals surface area contributed by atoms with Crippen molar-refractivity contribution in [2.75, 3.05) is 18.9 Å². The quantitative estimate of drug-likeness (QED) is 0.594. The third-order valence-electron chi connectivity index (χ3n) is 4.25. The lowest BCUT2D eigenvalue weighted by atomic mass is 9.82. The highest BCUT2D eigenvalue weighted by Gasteiger charge is 2.30. The molecule has 1 aromatic heterocycles. The molecule has 0 aromatic carbocycles. The zero-order chi connectivity index (χ0) is 13.6. The van der Waals surface area contributed by atoms with Crippen LogP contribution in [0.2, 0.25) is 0 Å². The number of hydrogen-bond donors (Lipinski definition) is 0. The Morgan fingerprint density at radius 3 is 2.37 bits per heavy atom. The lowest BCUT2D eigenvalue weighted by Crippen LogP contribution is -2.36. The number of rotatable bonds is 5. The lowest BCUT2D eigenvalue weighted by molar-refractivity contribution is 0.171. The molecule has 0 atom stereocenters. The Bertz CT molecular complexity index is 358. The Morgan fingerprint density at radius 2 is 1.79 bits per heavy atom. The van der Waals surface area contributed by atoms with Crippen molar-refractivity contribution in [3.05, 3.63) is 30.1 Å². The van der Waals surface area contributed by atoms with Crippen LogP contribution in [0.15, 0.2) is 24.5 Å². The summed E-state index contributed by atoms with van der Waals surface area (Å²) in [6.45, 7) is 2.22. The standard InChI is InChI=1S/C16H25BrN2/c1-19(12-15-6-10-18-11-7-15)14-16(13-17)8-4-2-3-5-9-16/h6-7,10-11H,2-5,8-9,12-14H2,1H3. The van der Waals surface area contributed by atoms with Gasteiger partial charge in [0, 0.05) is 30.8 Å². The molecule has 0 bridgehead atoms. The van der Waals surface area contributed by atoms with Crippen molar-refractivity contribution in [1.29, 1.82) is 0 Å². The van der Waals surface area contributed by atoms with Crippen LogP contribution in [0, 0.1) is 5.41 Å². The Morgan fingerprint density at radius 1 is 1.16 bits per heavy atom. The number of nitrogens with zero attached hydrogens (tertiary/aromatic N) is 2. The van der Waals surface area contributed by atoms with E-state index in [1.54, 1.807) is 0 Å². The fraction of sp³-hybridized carbons (Fsp3) is 0.688. The van der Waals surface area contributed by atoms with Crippen molar-refractivity contribution in [2.45, 2.75) is 45.1 Å². The molecule has 0 aliphatic heterocycles. The SMILES string of the molecule is CN(Cc1ccncc1)CC1(CBr)CCCCCC1. The largest absolute Gasteiger partial charge is 0.302 e. The Hall–Kier alpha value is -0.410. The zero-order valence-electron chi connectivity index (χ0n) is 11.9. The van der Waals surface area contributed by atoms with Gasteiger partial charge in [-0.25, -0.2) is 0 Å². The van der Waals surface area contributed by atoms with Crippen molar-refractivity contribution in [1.82, 2.24) is 9.88 Å². The maximum absolute atomic E-state index is 4.08. The van der Waals surface area contributed by atoms with Gasteiger partial charge in [-0.2, -0.15) is 0 Å². The molecule has 0 spiro atoms. The smallest absolute Gasteiger partial charge is 0.0271 e. The Labute approximate surface area is 125 Å². The van der Waals surface area contributed by atoms with Gasteiger partial charge in [-0.3, -0.25) is 4.98 Å². The molecule has 0 N–H and O–H groups in total. The Balaban J connectivity index is 1.93. The van der Waals surface area contributed by atoms with Gasteiger partial charge in [-0.15, -0.1) is 0 Å². The van der Waals surface area contributed by atoms with Gasteiger partial charge in [-0.1, -0.05) is 41.6 Å². The summed E-state index contributed by atoms with van der Waals surface area (Å²) in [5.74, 6) is 0. The molecule has 3 heteroatoms. The second-order valence-electron chi connectivity index (χ2n) is 6.08. The zero-order valence-corrected chi connectivity index (χ0v) is 13.5. The number of hydrogen-bond acceptors (Lipinski definition) is 2. The topological polar surface area (TPSA) is 16.1 Å². The van der Waals surface area contributed by atoms with E-state index in [9.17, 15) is 0 Å². The van der Waals surface area contributed by atoms with Crippen molar-refractivity contribution in [2.24, 2.45) is 5.41 Å². The highest BCUT2D eigenvalue weighted by atomic mass is 79.9. The van der Waals surface area contributed by atoms with Crippen LogP contribution in [-0.4, -0.2) is 28.8 Å². The molecular formula is C16H25BrN2. The molecule has 19 heavy (non-hydrogen) atoms. The monoisotopic (exact) mass is 324 g/mol. The van der Waals surface area contributed by atoms with Gasteiger partial charge in [0.15, 0.2) is 0 Å². The molecule has 106 valence electrons. The predicted molar refractivity (Wildman–Crippen MR) is 84.5 cm³/mol. The van der Waals surface area contributed by atoms with Gasteiger partial charge in [0.25, 0.3) is 0 Å². The molecule has 1 aliphatic carbocycles. The van der Waals surface area contributed by atoms with Crippen LogP contribution in [-0.2, 0) is 6.54 Å². The third kappa shape index (κ3) is 4.57. The first-order valence-corrected chi connectivity index (χ1v) is 8.50. The van der Waals surface area contributed by atoms with E-state index in [4.69, 9.17) is 0 Å². The van der Waals surface area contributed by atoms with Crippen LogP contribution in [0.25, 0.3) is 0 Å².